The molecule has 0 atom stereocenters. The molecule has 0 saturated heterocycles. The van der Waals surface area contributed by atoms with Crippen molar-refractivity contribution in [2.75, 3.05) is 0 Å². The molecular formula is C15H28U. The topological polar surface area (TPSA) is 0 Å². The predicted molar refractivity (Wildman–Crippen MR) is 68.4 cm³/mol. The molecule has 0 spiro atoms. The summed E-state index contributed by atoms with van der Waals surface area (Å²) < 4.78 is 0. The summed E-state index contributed by atoms with van der Waals surface area (Å²) in [6, 6.07) is 0. The van der Waals surface area contributed by atoms with E-state index in [9.17, 15) is 0 Å². The number of hydrogen-bond acceptors (Lipinski definition) is 0. The normalized spacial score (nSPS) is 30.9. The summed E-state index contributed by atoms with van der Waals surface area (Å²) >= 11 is 0. The van der Waals surface area contributed by atoms with Crippen molar-refractivity contribution in [3.63, 3.8) is 0 Å². The number of rotatable bonds is 1. The van der Waals surface area contributed by atoms with Crippen LogP contribution in [0.4, 0.5) is 0 Å². The quantitative estimate of drug-likeness (QED) is 0.495. The molecule has 1 heteroatoms. The van der Waals surface area contributed by atoms with E-state index in [4.69, 9.17) is 0 Å². The molecule has 2 fully saturated rings. The zero-order valence-corrected chi connectivity index (χ0v) is 15.2. The maximum Gasteiger partial charge on any atom is 2.00 e. The van der Waals surface area contributed by atoms with E-state index in [1.807, 2.05) is 0 Å². The first-order valence-electron chi connectivity index (χ1n) is 6.90. The molecule has 0 N–H and O–H groups in total. The molecule has 0 aromatic heterocycles. The Kier molecular flexibility index (Phi) is 10.7. The molecule has 0 radical (unpaired) electrons. The Bertz CT molecular complexity index is 142. The van der Waals surface area contributed by atoms with Crippen LogP contribution < -0.4 is 0 Å². The second kappa shape index (κ2) is 10.0. The third-order valence-corrected chi connectivity index (χ3v) is 4.21. The molecular weight excluding hydrogens is 418 g/mol. The van der Waals surface area contributed by atoms with Crippen LogP contribution >= 0.6 is 0 Å². The van der Waals surface area contributed by atoms with Crippen molar-refractivity contribution in [3.8, 4) is 0 Å². The third kappa shape index (κ3) is 5.59. The second-order valence-corrected chi connectivity index (χ2v) is 5.18. The molecule has 16 heavy (non-hydrogen) atoms. The van der Waals surface area contributed by atoms with E-state index >= 15 is 0 Å². The largest absolute Gasteiger partial charge is 2.00 e. The van der Waals surface area contributed by atoms with Crippen molar-refractivity contribution >= 4 is 0 Å². The average molecular weight is 446 g/mol. The van der Waals surface area contributed by atoms with Gasteiger partial charge in [-0.3, -0.25) is 0 Å². The Hall–Kier alpha value is 1.05. The van der Waals surface area contributed by atoms with Crippen LogP contribution in [-0.4, -0.2) is 0 Å². The Morgan fingerprint density at radius 3 is 1.62 bits per heavy atom. The maximum atomic E-state index is 4.18. The van der Waals surface area contributed by atoms with E-state index in [-0.39, 0.29) is 31.1 Å². The molecule has 0 aromatic carbocycles. The summed E-state index contributed by atoms with van der Waals surface area (Å²) in [4.78, 5) is 0. The minimum absolute atomic E-state index is 0. The van der Waals surface area contributed by atoms with Crippen LogP contribution in [0.25, 0.3) is 0 Å². The minimum atomic E-state index is 0. The Balaban J connectivity index is 0.000000711. The molecule has 0 aromatic rings. The summed E-state index contributed by atoms with van der Waals surface area (Å²) in [5.74, 6) is 2.96. The Morgan fingerprint density at radius 2 is 1.12 bits per heavy atom. The van der Waals surface area contributed by atoms with Gasteiger partial charge in [0.1, 0.15) is 0 Å². The molecule has 0 amide bonds. The van der Waals surface area contributed by atoms with Gasteiger partial charge in [-0.2, -0.15) is 12.8 Å². The van der Waals surface area contributed by atoms with Gasteiger partial charge < -0.3 is 13.8 Å². The van der Waals surface area contributed by atoms with Crippen molar-refractivity contribution in [3.05, 3.63) is 13.8 Å². The molecule has 0 nitrogen and oxygen atoms in total. The van der Waals surface area contributed by atoms with Crippen LogP contribution in [-0.2, 0) is 0 Å². The molecule has 2 aliphatic rings. The summed E-state index contributed by atoms with van der Waals surface area (Å²) in [7, 11) is 0. The molecule has 0 aliphatic heterocycles. The van der Waals surface area contributed by atoms with Gasteiger partial charge >= 0.3 is 31.1 Å². The van der Waals surface area contributed by atoms with E-state index in [1.165, 1.54) is 57.8 Å². The first-order chi connectivity index (χ1) is 7.36. The smallest absolute Gasteiger partial charge is 0.346 e. The van der Waals surface area contributed by atoms with Crippen molar-refractivity contribution in [1.29, 1.82) is 0 Å². The van der Waals surface area contributed by atoms with Gasteiger partial charge in [0.2, 0.25) is 0 Å². The molecule has 92 valence electrons. The molecule has 2 saturated carbocycles. The van der Waals surface area contributed by atoms with Gasteiger partial charge in [-0.15, -0.1) is 0 Å². The molecule has 0 unspecified atom stereocenters. The first kappa shape index (κ1) is 17.1. The van der Waals surface area contributed by atoms with Crippen molar-refractivity contribution in [2.24, 2.45) is 17.8 Å². The zero-order valence-electron chi connectivity index (χ0n) is 11.0. The molecule has 2 rings (SSSR count). The minimum Gasteiger partial charge on any atom is -0.346 e. The van der Waals surface area contributed by atoms with Crippen LogP contribution in [0.3, 0.4) is 0 Å². The fraction of sp³-hybridized carbons (Fsp3) is 0.867. The fourth-order valence-electron chi connectivity index (χ4n) is 3.27. The summed E-state index contributed by atoms with van der Waals surface area (Å²) in [6.07, 6.45) is 13.4. The Morgan fingerprint density at radius 1 is 0.688 bits per heavy atom. The van der Waals surface area contributed by atoms with Crippen LogP contribution in [0, 0.1) is 62.7 Å². The van der Waals surface area contributed by atoms with Crippen molar-refractivity contribution in [2.45, 2.75) is 64.7 Å². The summed E-state index contributed by atoms with van der Waals surface area (Å²) in [5.41, 5.74) is 0. The van der Waals surface area contributed by atoms with Gasteiger partial charge in [0.25, 0.3) is 0 Å². The average Bonchev–Trinajstić information content (AvgIpc) is 2.34. The summed E-state index contributed by atoms with van der Waals surface area (Å²) in [5, 5.41) is 0. The fourth-order valence-corrected chi connectivity index (χ4v) is 3.27. The van der Waals surface area contributed by atoms with Crippen LogP contribution in [0.15, 0.2) is 0 Å². The maximum absolute atomic E-state index is 4.18. The Labute approximate surface area is 127 Å². The third-order valence-electron chi connectivity index (χ3n) is 4.21. The van der Waals surface area contributed by atoms with Gasteiger partial charge in [-0.05, 0) is 11.8 Å². The van der Waals surface area contributed by atoms with E-state index < -0.39 is 0 Å². The standard InChI is InChI=1S/C13H23.C2H5.U/c1-11-7-9-13(10-8-11)12-5-3-2-4-6-12;1-2;/h11-13H,1-10H2;1H2,2H3;/q2*-1;+2. The van der Waals surface area contributed by atoms with Crippen molar-refractivity contribution < 1.29 is 31.1 Å². The first-order valence-corrected chi connectivity index (χ1v) is 6.90. The van der Waals surface area contributed by atoms with Gasteiger partial charge in [0, 0.05) is 0 Å². The van der Waals surface area contributed by atoms with Crippen LogP contribution in [0.1, 0.15) is 64.7 Å². The van der Waals surface area contributed by atoms with E-state index in [1.54, 1.807) is 6.92 Å². The monoisotopic (exact) mass is 446 g/mol. The van der Waals surface area contributed by atoms with Crippen LogP contribution in [0.5, 0.6) is 0 Å². The van der Waals surface area contributed by atoms with E-state index in [2.05, 4.69) is 13.8 Å². The van der Waals surface area contributed by atoms with E-state index in [0.717, 1.165) is 17.8 Å². The molecule has 0 heterocycles. The second-order valence-electron chi connectivity index (χ2n) is 5.18. The van der Waals surface area contributed by atoms with Gasteiger partial charge in [0.05, 0.1) is 0 Å². The van der Waals surface area contributed by atoms with Crippen LogP contribution in [0.2, 0.25) is 0 Å². The van der Waals surface area contributed by atoms with Gasteiger partial charge in [-0.25, -0.2) is 0 Å². The van der Waals surface area contributed by atoms with Gasteiger partial charge in [0.15, 0.2) is 0 Å². The predicted octanol–water partition coefficient (Wildman–Crippen LogP) is 5.05. The van der Waals surface area contributed by atoms with E-state index in [0.29, 0.717) is 0 Å². The molecule has 2 aliphatic carbocycles. The van der Waals surface area contributed by atoms with Crippen molar-refractivity contribution in [1.82, 2.24) is 0 Å². The summed E-state index contributed by atoms with van der Waals surface area (Å²) in [6.45, 7) is 9.18. The SMILES string of the molecule is [CH2-]C.[CH2-]C1CCC(C2CCCCC2)CC1.[U+2]. The van der Waals surface area contributed by atoms with Gasteiger partial charge in [-0.1, -0.05) is 57.8 Å². The molecule has 0 bridgehead atoms. The number of hydrogen-bond donors (Lipinski definition) is 0. The zero-order chi connectivity index (χ0) is 11.1.